The van der Waals surface area contributed by atoms with Crippen molar-refractivity contribution in [3.8, 4) is 0 Å². The highest BCUT2D eigenvalue weighted by atomic mass is 16.7. The molecule has 0 amide bonds. The van der Waals surface area contributed by atoms with E-state index in [1.807, 2.05) is 32.1 Å². The molecule has 340 valence electrons. The van der Waals surface area contributed by atoms with E-state index < -0.39 is 96.9 Å². The van der Waals surface area contributed by atoms with Crippen LogP contribution in [0, 0.1) is 23.7 Å². The molecule has 61 heavy (non-hydrogen) atoms. The maximum Gasteiger partial charge on any atom is 0.316 e. The summed E-state index contributed by atoms with van der Waals surface area (Å²) in [5, 5.41) is 23.7. The normalized spacial score (nSPS) is 48.1. The zero-order valence-electron chi connectivity index (χ0n) is 37.4. The van der Waals surface area contributed by atoms with Crippen molar-refractivity contribution in [1.82, 2.24) is 0 Å². The number of fused-ring (bicyclic) bond motifs is 2. The predicted octanol–water partition coefficient (Wildman–Crippen LogP) is 5.20. The lowest BCUT2D eigenvalue weighted by atomic mass is 9.71. The Morgan fingerprint density at radius 1 is 0.885 bits per heavy atom. The molecule has 0 aromatic heterocycles. The van der Waals surface area contributed by atoms with Crippen molar-refractivity contribution in [2.45, 2.75) is 179 Å². The molecule has 7 rings (SSSR count). The van der Waals surface area contributed by atoms with Crippen LogP contribution in [0.4, 0.5) is 0 Å². The van der Waals surface area contributed by atoms with Crippen LogP contribution in [0.5, 0.6) is 0 Å². The molecular formula is C47H68O14. The maximum atomic E-state index is 14.3. The van der Waals surface area contributed by atoms with Crippen LogP contribution in [0.15, 0.2) is 59.3 Å². The molecule has 7 aliphatic rings. The van der Waals surface area contributed by atoms with Gasteiger partial charge in [0.2, 0.25) is 0 Å². The summed E-state index contributed by atoms with van der Waals surface area (Å²) in [5.74, 6) is -2.76. The lowest BCUT2D eigenvalue weighted by molar-refractivity contribution is -0.305. The number of rotatable bonds is 7. The van der Waals surface area contributed by atoms with Gasteiger partial charge >= 0.3 is 5.97 Å². The van der Waals surface area contributed by atoms with Crippen molar-refractivity contribution in [1.29, 1.82) is 0 Å². The minimum absolute atomic E-state index is 0.0270. The Bertz CT molecular complexity index is 1750. The summed E-state index contributed by atoms with van der Waals surface area (Å²) in [6.45, 7) is 15.8. The molecule has 6 heterocycles. The average Bonchev–Trinajstić information content (AvgIpc) is 3.56. The highest BCUT2D eigenvalue weighted by Crippen LogP contribution is 2.47. The molecule has 6 aliphatic heterocycles. The van der Waals surface area contributed by atoms with Gasteiger partial charge in [-0.15, -0.1) is 0 Å². The van der Waals surface area contributed by atoms with Gasteiger partial charge in [-0.1, -0.05) is 64.2 Å². The number of aliphatic hydroxyl groups excluding tert-OH is 1. The van der Waals surface area contributed by atoms with Crippen molar-refractivity contribution in [3.63, 3.8) is 0 Å². The summed E-state index contributed by atoms with van der Waals surface area (Å²) in [7, 11) is 3.14. The second-order valence-electron chi connectivity index (χ2n) is 18.6. The molecular weight excluding hydrogens is 789 g/mol. The molecule has 18 unspecified atom stereocenters. The molecule has 1 aliphatic carbocycles. The van der Waals surface area contributed by atoms with Gasteiger partial charge in [-0.2, -0.15) is 0 Å². The van der Waals surface area contributed by atoms with Gasteiger partial charge in [0.15, 0.2) is 24.2 Å². The molecule has 0 radical (unpaired) electrons. The van der Waals surface area contributed by atoms with Crippen molar-refractivity contribution < 1.29 is 67.2 Å². The summed E-state index contributed by atoms with van der Waals surface area (Å²) in [6, 6.07) is 0. The van der Waals surface area contributed by atoms with Gasteiger partial charge in [0, 0.05) is 51.7 Å². The number of carbonyl (C=O) groups is 2. The Labute approximate surface area is 360 Å². The topological polar surface area (TPSA) is 167 Å². The van der Waals surface area contributed by atoms with E-state index in [1.165, 1.54) is 7.11 Å². The fourth-order valence-corrected chi connectivity index (χ4v) is 10.3. The smallest absolute Gasteiger partial charge is 0.316 e. The number of aliphatic hydroxyl groups is 2. The molecule has 4 saturated heterocycles. The second-order valence-corrected chi connectivity index (χ2v) is 18.6. The van der Waals surface area contributed by atoms with Crippen LogP contribution in [-0.2, 0) is 57.0 Å². The maximum absolute atomic E-state index is 14.3. The van der Waals surface area contributed by atoms with E-state index in [1.54, 1.807) is 33.1 Å². The Hall–Kier alpha value is -2.60. The van der Waals surface area contributed by atoms with Crippen LogP contribution in [0.1, 0.15) is 87.5 Å². The number of carbonyl (C=O) groups excluding carboxylic acids is 2. The van der Waals surface area contributed by atoms with Gasteiger partial charge in [0.1, 0.15) is 48.1 Å². The minimum Gasteiger partial charge on any atom is -0.462 e. The number of ketones is 1. The van der Waals surface area contributed by atoms with Crippen molar-refractivity contribution in [2.24, 2.45) is 23.7 Å². The highest BCUT2D eigenvalue weighted by molar-refractivity contribution is 5.87. The molecule has 0 aromatic rings. The Morgan fingerprint density at radius 3 is 2.36 bits per heavy atom. The van der Waals surface area contributed by atoms with E-state index in [4.69, 9.17) is 47.4 Å². The summed E-state index contributed by atoms with van der Waals surface area (Å²) in [6.07, 6.45) is 7.56. The van der Waals surface area contributed by atoms with Gasteiger partial charge in [-0.25, -0.2) is 0 Å². The first-order chi connectivity index (χ1) is 29.0. The van der Waals surface area contributed by atoms with Gasteiger partial charge in [0.25, 0.3) is 0 Å². The van der Waals surface area contributed by atoms with Crippen LogP contribution in [0.2, 0.25) is 0 Å². The first kappa shape index (κ1) is 46.4. The first-order valence-electron chi connectivity index (χ1n) is 22.2. The number of allylic oxidation sites excluding steroid dienone is 2. The molecule has 4 fully saturated rings. The second kappa shape index (κ2) is 18.9. The number of esters is 1. The van der Waals surface area contributed by atoms with Crippen LogP contribution in [0.25, 0.3) is 0 Å². The lowest BCUT2D eigenvalue weighted by Crippen LogP contribution is -2.58. The van der Waals surface area contributed by atoms with Crippen molar-refractivity contribution >= 4 is 11.8 Å². The van der Waals surface area contributed by atoms with Crippen LogP contribution < -0.4 is 0 Å². The van der Waals surface area contributed by atoms with E-state index in [0.717, 1.165) is 5.57 Å². The lowest BCUT2D eigenvalue weighted by Gasteiger charge is -2.48. The molecule has 2 N–H and O–H groups in total. The van der Waals surface area contributed by atoms with Gasteiger partial charge in [-0.05, 0) is 62.8 Å². The Balaban J connectivity index is 1.18. The summed E-state index contributed by atoms with van der Waals surface area (Å²) in [5.41, 5.74) is 0.109. The third-order valence-electron chi connectivity index (χ3n) is 13.8. The molecule has 2 bridgehead atoms. The largest absolute Gasteiger partial charge is 0.462 e. The van der Waals surface area contributed by atoms with Crippen LogP contribution >= 0.6 is 0 Å². The number of methoxy groups -OCH3 is 2. The van der Waals surface area contributed by atoms with E-state index in [0.29, 0.717) is 30.4 Å². The number of ether oxygens (including phenoxy) is 10. The molecule has 0 aromatic carbocycles. The first-order valence-corrected chi connectivity index (χ1v) is 22.2. The summed E-state index contributed by atoms with van der Waals surface area (Å²) in [4.78, 5) is 26.8. The molecule has 0 saturated carbocycles. The van der Waals surface area contributed by atoms with Gasteiger partial charge < -0.3 is 57.6 Å². The zero-order chi connectivity index (χ0) is 44.0. The van der Waals surface area contributed by atoms with Crippen molar-refractivity contribution in [3.05, 3.63) is 59.3 Å². The monoisotopic (exact) mass is 856 g/mol. The highest BCUT2D eigenvalue weighted by Gasteiger charge is 2.60. The minimum atomic E-state index is -1.84. The Morgan fingerprint density at radius 2 is 1.64 bits per heavy atom. The fourth-order valence-electron chi connectivity index (χ4n) is 10.3. The molecule has 14 nitrogen and oxygen atoms in total. The number of hydrogen-bond donors (Lipinski definition) is 2. The molecule has 1 spiro atoms. The Kier molecular flexibility index (Phi) is 14.3. The predicted molar refractivity (Wildman–Crippen MR) is 222 cm³/mol. The fraction of sp³-hybridized carbons (Fsp3) is 0.745. The third kappa shape index (κ3) is 9.47. The summed E-state index contributed by atoms with van der Waals surface area (Å²) < 4.78 is 63.1. The van der Waals surface area contributed by atoms with E-state index in [-0.39, 0.29) is 49.1 Å². The average molecular weight is 857 g/mol. The van der Waals surface area contributed by atoms with Crippen LogP contribution in [-0.4, -0.2) is 134 Å². The quantitative estimate of drug-likeness (QED) is 0.254. The van der Waals surface area contributed by atoms with E-state index >= 15 is 0 Å². The molecule has 14 heteroatoms. The van der Waals surface area contributed by atoms with Crippen molar-refractivity contribution in [2.75, 3.05) is 20.8 Å². The van der Waals surface area contributed by atoms with Gasteiger partial charge in [-0.3, -0.25) is 9.59 Å². The number of Topliss-reactive ketones (excluding diaryl/α,β-unsaturated/α-hetero) is 1. The standard InChI is InChI=1S/C47H68O14/c1-24(2)41-27(5)16-17-46(61-41)22-33-19-32(60-46)15-14-26(4)42(25(3)12-11-13-31-23-54-44-39(48)28(6)18-34(45(50)57-33)47(31,44)51)58-38-21-36(53-10)43(30(8)56-38)59-37-20-35(52-9)40(49)29(7)55-37/h11-14,16-18,24-25,27,29-30,32-39,41-44,48,51H,15,19-23H2,1-10H3/b12-11+,26-14+,31-13+. The molecule has 18 atom stereocenters. The van der Waals surface area contributed by atoms with Crippen LogP contribution in [0.3, 0.4) is 0 Å². The van der Waals surface area contributed by atoms with E-state index in [2.05, 4.69) is 39.8 Å². The summed E-state index contributed by atoms with van der Waals surface area (Å²) >= 11 is 0. The van der Waals surface area contributed by atoms with Gasteiger partial charge in [0.05, 0.1) is 37.1 Å². The number of hydrogen-bond acceptors (Lipinski definition) is 14. The van der Waals surface area contributed by atoms with E-state index in [9.17, 15) is 19.8 Å². The third-order valence-corrected chi connectivity index (χ3v) is 13.8. The zero-order valence-corrected chi connectivity index (χ0v) is 37.4. The SMILES string of the molecule is COC1CC(OC2C(C)OC(OC3/C(C)=C/CC4CC(CC5(C=CC(C)C(C(C)C)O5)O4)OC(=O)C4C=C(C)C(O)C5OC/C(=C\C=C\C3C)C45O)CC2OC)OC(C)C1=O.